The largest absolute Gasteiger partial charge is 0.461 e. The molecule has 0 bridgehead atoms. The molecule has 0 spiro atoms. The molecule has 1 aromatic carbocycles. The quantitative estimate of drug-likeness (QED) is 0.690. The van der Waals surface area contributed by atoms with Gasteiger partial charge in [-0.1, -0.05) is 0 Å². The number of ether oxygens (including phenoxy) is 2. The van der Waals surface area contributed by atoms with Crippen molar-refractivity contribution in [3.63, 3.8) is 0 Å². The van der Waals surface area contributed by atoms with E-state index in [9.17, 15) is 13.6 Å². The van der Waals surface area contributed by atoms with Crippen LogP contribution >= 0.6 is 15.9 Å². The minimum atomic E-state index is -3.74. The molecule has 1 aromatic heterocycles. The fourth-order valence-corrected chi connectivity index (χ4v) is 3.99. The normalized spacial score (nSPS) is 18.5. The predicted octanol–water partition coefficient (Wildman–Crippen LogP) is 4.46. The fraction of sp³-hybridized carbons (Fsp3) is 0.529. The molecule has 2 heterocycles. The van der Waals surface area contributed by atoms with E-state index in [1.54, 1.807) is 17.7 Å². The van der Waals surface area contributed by atoms with Crippen molar-refractivity contribution >= 4 is 32.8 Å². The summed E-state index contributed by atoms with van der Waals surface area (Å²) in [6.45, 7) is 3.59. The van der Waals surface area contributed by atoms with Gasteiger partial charge in [-0.25, -0.2) is 9.48 Å². The Morgan fingerprint density at radius 3 is 2.92 bits per heavy atom. The van der Waals surface area contributed by atoms with Crippen LogP contribution in [0.4, 0.5) is 8.78 Å². The SMILES string of the molecule is CCOC(=O)C(F)(F)c1c(C)cc2c(cnn2C2CCCCO2)c1Br. The number of aromatic nitrogens is 2. The molecule has 0 N–H and O–H groups in total. The number of rotatable bonds is 4. The number of alkyl halides is 2. The molecule has 1 aliphatic rings. The molecular weight excluding hydrogens is 398 g/mol. The molecule has 1 fully saturated rings. The first-order valence-corrected chi connectivity index (χ1v) is 9.00. The van der Waals surface area contributed by atoms with E-state index in [4.69, 9.17) is 4.74 Å². The lowest BCUT2D eigenvalue weighted by atomic mass is 10.00. The summed E-state index contributed by atoms with van der Waals surface area (Å²) in [7, 11) is 0. The van der Waals surface area contributed by atoms with Crippen LogP contribution in [-0.2, 0) is 20.2 Å². The topological polar surface area (TPSA) is 53.3 Å². The summed E-state index contributed by atoms with van der Waals surface area (Å²) in [5, 5.41) is 4.84. The third-order valence-corrected chi connectivity index (χ3v) is 5.14. The Hall–Kier alpha value is -1.54. The highest BCUT2D eigenvalue weighted by Crippen LogP contribution is 2.41. The van der Waals surface area contributed by atoms with E-state index in [0.717, 1.165) is 19.3 Å². The molecule has 0 amide bonds. The minimum Gasteiger partial charge on any atom is -0.461 e. The van der Waals surface area contributed by atoms with E-state index in [1.807, 2.05) is 0 Å². The lowest BCUT2D eigenvalue weighted by molar-refractivity contribution is -0.173. The summed E-state index contributed by atoms with van der Waals surface area (Å²) in [6, 6.07) is 1.62. The van der Waals surface area contributed by atoms with Gasteiger partial charge in [0.05, 0.1) is 23.9 Å². The highest BCUT2D eigenvalue weighted by Gasteiger charge is 2.46. The number of benzene rings is 1. The van der Waals surface area contributed by atoms with Gasteiger partial charge in [0.25, 0.3) is 0 Å². The number of esters is 1. The van der Waals surface area contributed by atoms with Gasteiger partial charge in [-0.2, -0.15) is 13.9 Å². The molecule has 25 heavy (non-hydrogen) atoms. The zero-order valence-electron chi connectivity index (χ0n) is 14.0. The molecule has 1 unspecified atom stereocenters. The van der Waals surface area contributed by atoms with E-state index < -0.39 is 11.9 Å². The summed E-state index contributed by atoms with van der Waals surface area (Å²) < 4.78 is 41.3. The third-order valence-electron chi connectivity index (χ3n) is 4.31. The van der Waals surface area contributed by atoms with Crippen molar-refractivity contribution in [1.82, 2.24) is 9.78 Å². The summed E-state index contributed by atoms with van der Waals surface area (Å²) in [4.78, 5) is 11.7. The molecule has 1 aliphatic heterocycles. The highest BCUT2D eigenvalue weighted by molar-refractivity contribution is 9.10. The van der Waals surface area contributed by atoms with Gasteiger partial charge < -0.3 is 9.47 Å². The van der Waals surface area contributed by atoms with Gasteiger partial charge in [-0.15, -0.1) is 0 Å². The van der Waals surface area contributed by atoms with Gasteiger partial charge >= 0.3 is 11.9 Å². The number of halogens is 3. The molecule has 0 radical (unpaired) electrons. The average Bonchev–Trinajstić information content (AvgIpc) is 2.99. The van der Waals surface area contributed by atoms with E-state index in [1.165, 1.54) is 13.1 Å². The van der Waals surface area contributed by atoms with E-state index >= 15 is 0 Å². The lowest BCUT2D eigenvalue weighted by Crippen LogP contribution is -2.29. The maximum Gasteiger partial charge on any atom is 0.382 e. The van der Waals surface area contributed by atoms with Crippen LogP contribution in [0.15, 0.2) is 16.7 Å². The maximum absolute atomic E-state index is 14.6. The first kappa shape index (κ1) is 18.3. The predicted molar refractivity (Wildman–Crippen MR) is 91.5 cm³/mol. The second kappa shape index (κ2) is 6.99. The monoisotopic (exact) mass is 416 g/mol. The summed E-state index contributed by atoms with van der Waals surface area (Å²) in [5.74, 6) is -5.29. The molecule has 2 aromatic rings. The van der Waals surface area contributed by atoms with E-state index in [-0.39, 0.29) is 28.4 Å². The van der Waals surface area contributed by atoms with Crippen LogP contribution in [0.3, 0.4) is 0 Å². The fourth-order valence-electron chi connectivity index (χ4n) is 3.13. The molecule has 8 heteroatoms. The Bertz CT molecular complexity index is 801. The Morgan fingerprint density at radius 1 is 1.52 bits per heavy atom. The van der Waals surface area contributed by atoms with E-state index in [2.05, 4.69) is 25.8 Å². The minimum absolute atomic E-state index is 0.107. The zero-order valence-corrected chi connectivity index (χ0v) is 15.6. The number of hydrogen-bond acceptors (Lipinski definition) is 4. The van der Waals surface area contributed by atoms with Gasteiger partial charge in [-0.05, 0) is 60.7 Å². The van der Waals surface area contributed by atoms with Crippen molar-refractivity contribution in [2.75, 3.05) is 13.2 Å². The molecular formula is C17H19BrF2N2O3. The van der Waals surface area contributed by atoms with Crippen molar-refractivity contribution < 1.29 is 23.0 Å². The van der Waals surface area contributed by atoms with Gasteiger partial charge in [0, 0.05) is 16.5 Å². The van der Waals surface area contributed by atoms with Crippen molar-refractivity contribution in [3.05, 3.63) is 27.9 Å². The van der Waals surface area contributed by atoms with Crippen LogP contribution in [0, 0.1) is 6.92 Å². The van der Waals surface area contributed by atoms with Crippen LogP contribution in [-0.4, -0.2) is 29.0 Å². The molecule has 3 rings (SSSR count). The average molecular weight is 417 g/mol. The molecule has 0 aliphatic carbocycles. The van der Waals surface area contributed by atoms with Gasteiger partial charge in [0.2, 0.25) is 0 Å². The summed E-state index contributed by atoms with van der Waals surface area (Å²) in [6.07, 6.45) is 4.18. The Balaban J connectivity index is 2.10. The van der Waals surface area contributed by atoms with Crippen molar-refractivity contribution in [2.45, 2.75) is 45.3 Å². The van der Waals surface area contributed by atoms with Crippen LogP contribution < -0.4 is 0 Å². The first-order chi connectivity index (χ1) is 11.9. The Kier molecular flexibility index (Phi) is 5.11. The number of carbonyl (C=O) groups is 1. The molecule has 1 saturated heterocycles. The van der Waals surface area contributed by atoms with Crippen LogP contribution in [0.25, 0.3) is 10.9 Å². The van der Waals surface area contributed by atoms with Crippen molar-refractivity contribution in [2.24, 2.45) is 0 Å². The standard InChI is InChI=1S/C17H19BrF2N2O3/c1-3-24-16(23)17(19,20)14-10(2)8-12-11(15(14)18)9-21-22(12)13-6-4-5-7-25-13/h8-9,13H,3-7H2,1-2H3. The smallest absolute Gasteiger partial charge is 0.382 e. The van der Waals surface area contributed by atoms with Crippen molar-refractivity contribution in [1.29, 1.82) is 0 Å². The van der Waals surface area contributed by atoms with E-state index in [0.29, 0.717) is 17.5 Å². The number of aryl methyl sites for hydroxylation is 1. The molecule has 1 atom stereocenters. The van der Waals surface area contributed by atoms with Crippen molar-refractivity contribution in [3.8, 4) is 0 Å². The molecule has 136 valence electrons. The van der Waals surface area contributed by atoms with Gasteiger partial charge in [0.15, 0.2) is 6.23 Å². The molecule has 0 saturated carbocycles. The van der Waals surface area contributed by atoms with Crippen LogP contribution in [0.1, 0.15) is 43.5 Å². The lowest BCUT2D eigenvalue weighted by Gasteiger charge is -2.24. The Morgan fingerprint density at radius 2 is 2.28 bits per heavy atom. The van der Waals surface area contributed by atoms with Gasteiger partial charge in [0.1, 0.15) is 0 Å². The number of nitrogens with zero attached hydrogens (tertiary/aromatic N) is 2. The van der Waals surface area contributed by atoms with Crippen LogP contribution in [0.2, 0.25) is 0 Å². The molecule has 5 nitrogen and oxygen atoms in total. The van der Waals surface area contributed by atoms with Crippen LogP contribution in [0.5, 0.6) is 0 Å². The number of hydrogen-bond donors (Lipinski definition) is 0. The first-order valence-electron chi connectivity index (χ1n) is 8.21. The zero-order chi connectivity index (χ0) is 18.2. The van der Waals surface area contributed by atoms with Gasteiger partial charge in [-0.3, -0.25) is 0 Å². The third kappa shape index (κ3) is 3.17. The Labute approximate surface area is 152 Å². The second-order valence-electron chi connectivity index (χ2n) is 6.02. The maximum atomic E-state index is 14.6. The highest BCUT2D eigenvalue weighted by atomic mass is 79.9. The number of carbonyl (C=O) groups excluding carboxylic acids is 1. The second-order valence-corrected chi connectivity index (χ2v) is 6.81. The number of fused-ring (bicyclic) bond motifs is 1. The summed E-state index contributed by atoms with van der Waals surface area (Å²) in [5.41, 5.74) is 0.595. The summed E-state index contributed by atoms with van der Waals surface area (Å²) >= 11 is 3.24.